The molecule has 0 amide bonds. The fraction of sp³-hybridized carbons (Fsp3) is 0.381. The minimum absolute atomic E-state index is 0.0843. The number of fused-ring (bicyclic) bond motifs is 2. The monoisotopic (exact) mass is 418 g/mol. The van der Waals surface area contributed by atoms with E-state index in [1.807, 2.05) is 0 Å². The van der Waals surface area contributed by atoms with Crippen LogP contribution in [0.2, 0.25) is 0 Å². The molecule has 1 unspecified atom stereocenters. The maximum absolute atomic E-state index is 13.1. The van der Waals surface area contributed by atoms with Crippen LogP contribution in [0.5, 0.6) is 11.5 Å². The van der Waals surface area contributed by atoms with Crippen molar-refractivity contribution in [2.75, 3.05) is 6.61 Å². The SMILES string of the molecule is O=C1c2c(O)cccc2C([C@H]2O[C@H](CO)[C@@H](O)[C@H](O)[C@H]2O)c2cc(CO)cc(O)c21. The standard InChI is InChI=1S/C21H22O9/c22-6-8-4-10-14(21-20(29)19(28)17(26)13(7-23)30-21)9-2-1-3-11(24)15(9)18(27)16(10)12(25)5-8/h1-5,13-14,17,19-26,28-29H,6-7H2/t13-,14?,17-,19+,20-,21-/m1/s1. The zero-order chi connectivity index (χ0) is 21.7. The Hall–Kier alpha value is -2.53. The van der Waals surface area contributed by atoms with E-state index in [1.165, 1.54) is 24.3 Å². The van der Waals surface area contributed by atoms with Crippen LogP contribution in [0.1, 0.15) is 38.5 Å². The predicted octanol–water partition coefficient (Wildman–Crippen LogP) is -0.891. The van der Waals surface area contributed by atoms with Crippen molar-refractivity contribution in [1.29, 1.82) is 0 Å². The number of carbonyl (C=O) groups excluding carboxylic acids is 1. The second kappa shape index (κ2) is 7.62. The molecule has 160 valence electrons. The molecule has 30 heavy (non-hydrogen) atoms. The molecular formula is C21H22O9. The van der Waals surface area contributed by atoms with Crippen molar-refractivity contribution in [2.24, 2.45) is 0 Å². The van der Waals surface area contributed by atoms with E-state index < -0.39 is 61.2 Å². The Balaban J connectivity index is 1.96. The van der Waals surface area contributed by atoms with Crippen LogP contribution in [0, 0.1) is 0 Å². The van der Waals surface area contributed by atoms with Gasteiger partial charge in [-0.1, -0.05) is 18.2 Å². The molecule has 1 aliphatic carbocycles. The van der Waals surface area contributed by atoms with Crippen molar-refractivity contribution in [1.82, 2.24) is 0 Å². The summed E-state index contributed by atoms with van der Waals surface area (Å²) < 4.78 is 5.73. The molecule has 9 heteroatoms. The molecule has 0 aromatic heterocycles. The van der Waals surface area contributed by atoms with Crippen LogP contribution in [0.25, 0.3) is 0 Å². The predicted molar refractivity (Wildman–Crippen MR) is 101 cm³/mol. The number of rotatable bonds is 3. The summed E-state index contributed by atoms with van der Waals surface area (Å²) in [6, 6.07) is 7.06. The lowest BCUT2D eigenvalue weighted by molar-refractivity contribution is -0.232. The van der Waals surface area contributed by atoms with Gasteiger partial charge in [-0.15, -0.1) is 0 Å². The Labute approximate surface area is 171 Å². The number of ether oxygens (including phenoxy) is 1. The van der Waals surface area contributed by atoms with Gasteiger partial charge in [0.1, 0.15) is 35.9 Å². The highest BCUT2D eigenvalue weighted by molar-refractivity contribution is 6.16. The second-order valence-corrected chi connectivity index (χ2v) is 7.58. The minimum Gasteiger partial charge on any atom is -0.507 e. The van der Waals surface area contributed by atoms with Gasteiger partial charge in [0.15, 0.2) is 0 Å². The lowest BCUT2D eigenvalue weighted by Crippen LogP contribution is -2.60. The number of aliphatic hydroxyl groups is 5. The fourth-order valence-electron chi connectivity index (χ4n) is 4.41. The normalized spacial score (nSPS) is 30.6. The van der Waals surface area contributed by atoms with Crippen molar-refractivity contribution in [3.05, 3.63) is 58.1 Å². The number of aliphatic hydroxyl groups excluding tert-OH is 5. The lowest BCUT2D eigenvalue weighted by atomic mass is 9.71. The smallest absolute Gasteiger partial charge is 0.201 e. The molecule has 0 saturated carbocycles. The van der Waals surface area contributed by atoms with E-state index >= 15 is 0 Å². The lowest BCUT2D eigenvalue weighted by Gasteiger charge is -2.45. The number of carbonyl (C=O) groups is 1. The molecule has 4 rings (SSSR count). The van der Waals surface area contributed by atoms with Crippen LogP contribution in [0.3, 0.4) is 0 Å². The van der Waals surface area contributed by atoms with Gasteiger partial charge in [-0.25, -0.2) is 0 Å². The zero-order valence-corrected chi connectivity index (χ0v) is 15.7. The number of phenolic OH excluding ortho intramolecular Hbond substituents is 2. The van der Waals surface area contributed by atoms with Gasteiger partial charge < -0.3 is 40.5 Å². The van der Waals surface area contributed by atoms with Crippen LogP contribution in [0.15, 0.2) is 30.3 Å². The highest BCUT2D eigenvalue weighted by Crippen LogP contribution is 2.47. The largest absolute Gasteiger partial charge is 0.507 e. The van der Waals surface area contributed by atoms with Crippen LogP contribution in [-0.4, -0.2) is 78.7 Å². The van der Waals surface area contributed by atoms with E-state index in [0.29, 0.717) is 5.56 Å². The minimum atomic E-state index is -1.64. The van der Waals surface area contributed by atoms with Crippen LogP contribution in [-0.2, 0) is 11.3 Å². The highest BCUT2D eigenvalue weighted by Gasteiger charge is 2.50. The van der Waals surface area contributed by atoms with Crippen molar-refractivity contribution >= 4 is 5.78 Å². The Morgan fingerprint density at radius 2 is 1.57 bits per heavy atom. The van der Waals surface area contributed by atoms with E-state index in [4.69, 9.17) is 4.74 Å². The second-order valence-electron chi connectivity index (χ2n) is 7.58. The summed E-state index contributed by atoms with van der Waals surface area (Å²) in [7, 11) is 0. The van der Waals surface area contributed by atoms with Crippen LogP contribution in [0.4, 0.5) is 0 Å². The Bertz CT molecular complexity index is 987. The van der Waals surface area contributed by atoms with Gasteiger partial charge in [0.05, 0.1) is 30.4 Å². The number of hydrogen-bond acceptors (Lipinski definition) is 9. The van der Waals surface area contributed by atoms with Crippen LogP contribution < -0.4 is 0 Å². The Morgan fingerprint density at radius 3 is 2.23 bits per heavy atom. The van der Waals surface area contributed by atoms with Gasteiger partial charge in [-0.2, -0.15) is 0 Å². The third-order valence-corrected chi connectivity index (χ3v) is 5.85. The molecule has 2 aromatic carbocycles. The van der Waals surface area contributed by atoms with E-state index in [-0.39, 0.29) is 28.0 Å². The molecule has 7 N–H and O–H groups in total. The maximum Gasteiger partial charge on any atom is 0.201 e. The molecule has 0 radical (unpaired) electrons. The molecule has 1 aliphatic heterocycles. The first-order valence-electron chi connectivity index (χ1n) is 9.43. The molecule has 1 heterocycles. The third-order valence-electron chi connectivity index (χ3n) is 5.85. The maximum atomic E-state index is 13.1. The molecule has 1 fully saturated rings. The van der Waals surface area contributed by atoms with Gasteiger partial charge in [0.2, 0.25) is 5.78 Å². The first-order chi connectivity index (χ1) is 14.3. The van der Waals surface area contributed by atoms with Gasteiger partial charge in [-0.3, -0.25) is 4.79 Å². The first kappa shape index (κ1) is 20.7. The molecule has 2 aliphatic rings. The number of hydrogen-bond donors (Lipinski definition) is 7. The number of ketones is 1. The summed E-state index contributed by atoms with van der Waals surface area (Å²) in [6.07, 6.45) is -7.22. The summed E-state index contributed by atoms with van der Waals surface area (Å²) in [5, 5.41) is 71.0. The van der Waals surface area contributed by atoms with Gasteiger partial charge in [0, 0.05) is 5.92 Å². The summed E-state index contributed by atoms with van der Waals surface area (Å²) >= 11 is 0. The van der Waals surface area contributed by atoms with Gasteiger partial charge >= 0.3 is 0 Å². The number of benzene rings is 2. The summed E-state index contributed by atoms with van der Waals surface area (Å²) in [6.45, 7) is -1.06. The van der Waals surface area contributed by atoms with Crippen LogP contribution >= 0.6 is 0 Å². The average molecular weight is 418 g/mol. The molecule has 1 saturated heterocycles. The van der Waals surface area contributed by atoms with E-state index in [2.05, 4.69) is 0 Å². The number of aromatic hydroxyl groups is 2. The quantitative estimate of drug-likeness (QED) is 0.334. The highest BCUT2D eigenvalue weighted by atomic mass is 16.5. The topological polar surface area (TPSA) is 168 Å². The molecule has 9 nitrogen and oxygen atoms in total. The molecule has 0 bridgehead atoms. The molecule has 2 aromatic rings. The Morgan fingerprint density at radius 1 is 0.867 bits per heavy atom. The summed E-state index contributed by atoms with van der Waals surface area (Å²) in [4.78, 5) is 13.1. The molecule has 0 spiro atoms. The van der Waals surface area contributed by atoms with Crippen molar-refractivity contribution in [3.8, 4) is 11.5 Å². The number of phenols is 2. The molecule has 6 atom stereocenters. The average Bonchev–Trinajstić information content (AvgIpc) is 2.73. The molecular weight excluding hydrogens is 396 g/mol. The van der Waals surface area contributed by atoms with Gasteiger partial charge in [-0.05, 0) is 28.8 Å². The fourth-order valence-corrected chi connectivity index (χ4v) is 4.41. The van der Waals surface area contributed by atoms with E-state index in [0.717, 1.165) is 0 Å². The van der Waals surface area contributed by atoms with E-state index in [9.17, 15) is 40.5 Å². The first-order valence-corrected chi connectivity index (χ1v) is 9.43. The summed E-state index contributed by atoms with van der Waals surface area (Å²) in [5.74, 6) is -2.34. The van der Waals surface area contributed by atoms with Crippen molar-refractivity contribution in [2.45, 2.75) is 43.0 Å². The van der Waals surface area contributed by atoms with E-state index in [1.54, 1.807) is 6.07 Å². The summed E-state index contributed by atoms with van der Waals surface area (Å²) in [5.41, 5.74) is 0.609. The van der Waals surface area contributed by atoms with Crippen molar-refractivity contribution < 1.29 is 45.3 Å². The zero-order valence-electron chi connectivity index (χ0n) is 15.7. The Kier molecular flexibility index (Phi) is 5.27. The van der Waals surface area contributed by atoms with Crippen molar-refractivity contribution in [3.63, 3.8) is 0 Å². The third kappa shape index (κ3) is 2.99. The van der Waals surface area contributed by atoms with Gasteiger partial charge in [0.25, 0.3) is 0 Å².